The van der Waals surface area contributed by atoms with Gasteiger partial charge in [-0.05, 0) is 50.2 Å². The number of nitrogens with zero attached hydrogens (tertiary/aromatic N) is 7. The molecule has 5 rings (SSSR count). The molecule has 4 aromatic rings. The first-order chi connectivity index (χ1) is 16.9. The lowest BCUT2D eigenvalue weighted by Crippen LogP contribution is -2.53. The van der Waals surface area contributed by atoms with Crippen LogP contribution in [0.5, 0.6) is 0 Å². The fourth-order valence-corrected chi connectivity index (χ4v) is 4.30. The van der Waals surface area contributed by atoms with Gasteiger partial charge in [0.15, 0.2) is 0 Å². The second kappa shape index (κ2) is 9.30. The van der Waals surface area contributed by atoms with Gasteiger partial charge >= 0.3 is 0 Å². The molecule has 10 nitrogen and oxygen atoms in total. The minimum absolute atomic E-state index is 0.0827. The zero-order chi connectivity index (χ0) is 24.5. The van der Waals surface area contributed by atoms with E-state index in [0.717, 1.165) is 36.4 Å². The van der Waals surface area contributed by atoms with Crippen LogP contribution in [0.1, 0.15) is 25.8 Å². The van der Waals surface area contributed by atoms with E-state index in [1.807, 2.05) is 31.2 Å². The quantitative estimate of drug-likeness (QED) is 0.467. The fourth-order valence-electron chi connectivity index (χ4n) is 4.30. The molecule has 10 heteroatoms. The van der Waals surface area contributed by atoms with Gasteiger partial charge in [0.25, 0.3) is 5.56 Å². The molecule has 0 saturated carbocycles. The van der Waals surface area contributed by atoms with Crippen molar-refractivity contribution in [3.63, 3.8) is 0 Å². The number of hydrogen-bond acceptors (Lipinski definition) is 9. The van der Waals surface area contributed by atoms with Crippen LogP contribution in [0.3, 0.4) is 0 Å². The number of benzene rings is 1. The minimum Gasteiger partial charge on any atom is -0.368 e. The maximum Gasteiger partial charge on any atom is 0.255 e. The minimum atomic E-state index is -0.298. The van der Waals surface area contributed by atoms with Crippen molar-refractivity contribution in [1.29, 1.82) is 0 Å². The molecule has 0 spiro atoms. The summed E-state index contributed by atoms with van der Waals surface area (Å²) in [5.41, 5.74) is 9.26. The molecule has 1 aliphatic rings. The number of pyridine rings is 1. The van der Waals surface area contributed by atoms with Gasteiger partial charge in [0.1, 0.15) is 0 Å². The van der Waals surface area contributed by atoms with E-state index in [1.54, 1.807) is 30.1 Å². The van der Waals surface area contributed by atoms with Gasteiger partial charge in [0, 0.05) is 68.0 Å². The van der Waals surface area contributed by atoms with E-state index in [9.17, 15) is 4.79 Å². The lowest BCUT2D eigenvalue weighted by Gasteiger charge is -2.42. The molecule has 35 heavy (non-hydrogen) atoms. The average Bonchev–Trinajstić information content (AvgIpc) is 3.37. The van der Waals surface area contributed by atoms with Crippen molar-refractivity contribution in [3.8, 4) is 22.6 Å². The van der Waals surface area contributed by atoms with E-state index >= 15 is 0 Å². The lowest BCUT2D eigenvalue weighted by molar-refractivity contribution is 0.362. The Hall–Kier alpha value is -4.05. The van der Waals surface area contributed by atoms with Crippen LogP contribution in [0, 0.1) is 0 Å². The molecule has 0 amide bonds. The molecule has 2 atom stereocenters. The zero-order valence-corrected chi connectivity index (χ0v) is 20.0. The normalized spacial score (nSPS) is 17.0. The Balaban J connectivity index is 1.33. The summed E-state index contributed by atoms with van der Waals surface area (Å²) in [7, 11) is 1.77. The summed E-state index contributed by atoms with van der Waals surface area (Å²) in [5, 5.41) is 4.03. The van der Waals surface area contributed by atoms with Gasteiger partial charge in [-0.3, -0.25) is 14.3 Å². The average molecular weight is 473 g/mol. The van der Waals surface area contributed by atoms with Gasteiger partial charge in [-0.15, -0.1) is 0 Å². The molecule has 4 heterocycles. The van der Waals surface area contributed by atoms with Crippen molar-refractivity contribution in [2.45, 2.75) is 25.9 Å². The summed E-state index contributed by atoms with van der Waals surface area (Å²) in [6.45, 7) is 6.30. The summed E-state index contributed by atoms with van der Waals surface area (Å²) in [6.07, 6.45) is 3.41. The van der Waals surface area contributed by atoms with Crippen LogP contribution in [0.15, 0.2) is 64.2 Å². The first-order valence-electron chi connectivity index (χ1n) is 11.6. The predicted molar refractivity (Wildman–Crippen MR) is 134 cm³/mol. The van der Waals surface area contributed by atoms with Gasteiger partial charge in [-0.1, -0.05) is 5.16 Å². The Morgan fingerprint density at radius 3 is 2.46 bits per heavy atom. The molecule has 2 N–H and O–H groups in total. The second-order valence-electron chi connectivity index (χ2n) is 8.85. The van der Waals surface area contributed by atoms with Crippen molar-refractivity contribution in [3.05, 3.63) is 71.1 Å². The molecule has 180 valence electrons. The highest BCUT2D eigenvalue weighted by atomic mass is 16.5. The topological polar surface area (TPSA) is 119 Å². The summed E-state index contributed by atoms with van der Waals surface area (Å²) >= 11 is 0. The molecule has 0 aliphatic carbocycles. The number of rotatable bonds is 5. The second-order valence-corrected chi connectivity index (χ2v) is 8.85. The SMILES string of the molecule is C[C@H](N)c1nc(-c2ccc(N3CCN(c4nc(-c5ccncc5)cc(=O)n4C)[C@H](C)C3)cc2)no1. The fraction of sp³-hybridized carbons (Fsp3) is 0.320. The van der Waals surface area contributed by atoms with E-state index in [2.05, 4.69) is 44.0 Å². The smallest absolute Gasteiger partial charge is 0.255 e. The van der Waals surface area contributed by atoms with E-state index in [1.165, 1.54) is 0 Å². The van der Waals surface area contributed by atoms with Crippen molar-refractivity contribution < 1.29 is 4.52 Å². The third-order valence-electron chi connectivity index (χ3n) is 6.29. The maximum atomic E-state index is 12.7. The van der Waals surface area contributed by atoms with Gasteiger partial charge in [0.05, 0.1) is 11.7 Å². The standard InChI is InChI=1S/C25H28N8O2/c1-16-15-32(20-6-4-19(5-7-20)23-29-24(17(2)26)35-30-23)12-13-33(16)25-28-21(14-22(34)31(25)3)18-8-10-27-11-9-18/h4-11,14,16-17H,12-13,15,26H2,1-3H3/t16-,17+/m1/s1. The van der Waals surface area contributed by atoms with Gasteiger partial charge in [-0.2, -0.15) is 4.98 Å². The molecular weight excluding hydrogens is 444 g/mol. The summed E-state index contributed by atoms with van der Waals surface area (Å²) in [4.78, 5) is 30.5. The summed E-state index contributed by atoms with van der Waals surface area (Å²) in [6, 6.07) is 13.3. The Labute approximate surface area is 203 Å². The van der Waals surface area contributed by atoms with Crippen LogP contribution in [-0.2, 0) is 7.05 Å². The van der Waals surface area contributed by atoms with Crippen LogP contribution in [0.2, 0.25) is 0 Å². The number of aromatic nitrogens is 5. The predicted octanol–water partition coefficient (Wildman–Crippen LogP) is 2.63. The molecule has 1 aliphatic heterocycles. The first-order valence-corrected chi connectivity index (χ1v) is 11.6. The van der Waals surface area contributed by atoms with Gasteiger partial charge in [-0.25, -0.2) is 4.98 Å². The van der Waals surface area contributed by atoms with Crippen molar-refractivity contribution in [2.75, 3.05) is 29.4 Å². The molecule has 0 radical (unpaired) electrons. The molecule has 0 unspecified atom stereocenters. The van der Waals surface area contributed by atoms with Crippen molar-refractivity contribution in [1.82, 2.24) is 24.7 Å². The summed E-state index contributed by atoms with van der Waals surface area (Å²) in [5.74, 6) is 1.63. The maximum absolute atomic E-state index is 12.7. The third kappa shape index (κ3) is 4.52. The highest BCUT2D eigenvalue weighted by Gasteiger charge is 2.27. The van der Waals surface area contributed by atoms with Crippen LogP contribution >= 0.6 is 0 Å². The van der Waals surface area contributed by atoms with E-state index in [-0.39, 0.29) is 17.6 Å². The number of piperazine rings is 1. The van der Waals surface area contributed by atoms with Crippen LogP contribution < -0.4 is 21.1 Å². The highest BCUT2D eigenvalue weighted by molar-refractivity contribution is 5.62. The van der Waals surface area contributed by atoms with Gasteiger partial charge in [0.2, 0.25) is 17.7 Å². The van der Waals surface area contributed by atoms with Crippen LogP contribution in [-0.4, -0.2) is 50.4 Å². The largest absolute Gasteiger partial charge is 0.368 e. The number of nitrogens with two attached hydrogens (primary N) is 1. The monoisotopic (exact) mass is 472 g/mol. The lowest BCUT2D eigenvalue weighted by atomic mass is 10.1. The first kappa shape index (κ1) is 22.7. The Kier molecular flexibility index (Phi) is 6.04. The van der Waals surface area contributed by atoms with Crippen LogP contribution in [0.25, 0.3) is 22.6 Å². The Morgan fingerprint density at radius 2 is 1.80 bits per heavy atom. The van der Waals surface area contributed by atoms with E-state index in [0.29, 0.717) is 23.4 Å². The zero-order valence-electron chi connectivity index (χ0n) is 20.0. The molecule has 0 bridgehead atoms. The van der Waals surface area contributed by atoms with Crippen molar-refractivity contribution >= 4 is 11.6 Å². The number of hydrogen-bond donors (Lipinski definition) is 1. The third-order valence-corrected chi connectivity index (χ3v) is 6.29. The van der Waals surface area contributed by atoms with Crippen LogP contribution in [0.4, 0.5) is 11.6 Å². The van der Waals surface area contributed by atoms with E-state index in [4.69, 9.17) is 15.2 Å². The summed E-state index contributed by atoms with van der Waals surface area (Å²) < 4.78 is 6.83. The molecule has 1 fully saturated rings. The molecular formula is C25H28N8O2. The number of anilines is 2. The highest BCUT2D eigenvalue weighted by Crippen LogP contribution is 2.26. The molecule has 3 aromatic heterocycles. The Morgan fingerprint density at radius 1 is 1.06 bits per heavy atom. The van der Waals surface area contributed by atoms with Crippen molar-refractivity contribution in [2.24, 2.45) is 12.8 Å². The molecule has 1 aromatic carbocycles. The Bertz CT molecular complexity index is 1360. The van der Waals surface area contributed by atoms with Gasteiger partial charge < -0.3 is 20.1 Å². The van der Waals surface area contributed by atoms with E-state index < -0.39 is 0 Å². The molecule has 1 saturated heterocycles.